The first-order chi connectivity index (χ1) is 4.41. The van der Waals surface area contributed by atoms with Gasteiger partial charge < -0.3 is 0 Å². The van der Waals surface area contributed by atoms with Crippen LogP contribution in [0.3, 0.4) is 0 Å². The van der Waals surface area contributed by atoms with Crippen LogP contribution in [0, 0.1) is 0 Å². The van der Waals surface area contributed by atoms with Crippen molar-refractivity contribution in [2.45, 2.75) is 14.7 Å². The standard InChI is InChI=1S/2C2H4Cl.CH2.2Al.2H/c2*1-2-3;;;;;/h2*1-2H2;1H2;;;;. The Bertz CT molecular complexity index is 46.2. The second-order valence-electron chi connectivity index (χ2n) is 2.15. The Morgan fingerprint density at radius 3 is 1.67 bits per heavy atom. The minimum absolute atomic E-state index is 0.262. The maximum atomic E-state index is 5.54. The second-order valence-corrected chi connectivity index (χ2v) is 8.56. The summed E-state index contributed by atoms with van der Waals surface area (Å²) < 4.78 is 1.57. The first-order valence-electron chi connectivity index (χ1n) is 3.53. The highest BCUT2D eigenvalue weighted by Gasteiger charge is 1.94. The van der Waals surface area contributed by atoms with Gasteiger partial charge in [0.25, 0.3) is 0 Å². The molecule has 0 rings (SSSR count). The van der Waals surface area contributed by atoms with E-state index in [1.807, 2.05) is 0 Å². The number of hydrogen-bond acceptors (Lipinski definition) is 0. The SMILES string of the molecule is ClC[CH2][AlH][CH2][AlH][CH2]CCl. The van der Waals surface area contributed by atoms with Gasteiger partial charge in [0.15, 0.2) is 0 Å². The predicted molar refractivity (Wildman–Crippen MR) is 50.2 cm³/mol. The third-order valence-electron chi connectivity index (χ3n) is 1.27. The molecule has 0 radical (unpaired) electrons. The van der Waals surface area contributed by atoms with Gasteiger partial charge in [-0.3, -0.25) is 0 Å². The molecule has 0 aliphatic heterocycles. The molecule has 0 aromatic heterocycles. The smallest absolute Gasteiger partial charge is 0.141 e. The molecule has 0 nitrogen and oxygen atoms in total. The molecule has 0 amide bonds. The van der Waals surface area contributed by atoms with Crippen LogP contribution >= 0.6 is 23.2 Å². The van der Waals surface area contributed by atoms with Crippen LogP contribution in [-0.2, 0) is 0 Å². The third kappa shape index (κ3) is 9.64. The van der Waals surface area contributed by atoms with Crippen molar-refractivity contribution in [2.24, 2.45) is 0 Å². The maximum Gasteiger partial charge on any atom is 0.224 e. The van der Waals surface area contributed by atoms with Crippen LogP contribution in [0.4, 0.5) is 0 Å². The molecule has 0 saturated carbocycles. The fourth-order valence-electron chi connectivity index (χ4n) is 0.719. The van der Waals surface area contributed by atoms with E-state index in [9.17, 15) is 0 Å². The van der Waals surface area contributed by atoms with E-state index >= 15 is 0 Å². The van der Waals surface area contributed by atoms with Crippen molar-refractivity contribution in [3.63, 3.8) is 0 Å². The fraction of sp³-hybridized carbons (Fsp3) is 1.00. The van der Waals surface area contributed by atoms with Gasteiger partial charge >= 0.3 is 0 Å². The van der Waals surface area contributed by atoms with E-state index in [0.717, 1.165) is 11.8 Å². The van der Waals surface area contributed by atoms with E-state index in [1.165, 1.54) is 10.6 Å². The number of halogens is 2. The van der Waals surface area contributed by atoms with Gasteiger partial charge in [0.1, 0.15) is 0 Å². The Morgan fingerprint density at radius 2 is 1.33 bits per heavy atom. The van der Waals surface area contributed by atoms with Gasteiger partial charge in [-0.05, 0) is 0 Å². The van der Waals surface area contributed by atoms with Crippen molar-refractivity contribution < 1.29 is 0 Å². The summed E-state index contributed by atoms with van der Waals surface area (Å²) >= 11 is 11.6. The Morgan fingerprint density at radius 1 is 0.889 bits per heavy atom. The molecule has 0 aromatic carbocycles. The summed E-state index contributed by atoms with van der Waals surface area (Å²) in [5, 5.41) is 2.66. The topological polar surface area (TPSA) is 0 Å². The summed E-state index contributed by atoms with van der Waals surface area (Å²) in [5.74, 6) is 1.78. The molecule has 0 N–H and O–H groups in total. The summed E-state index contributed by atoms with van der Waals surface area (Å²) in [6, 6.07) is 0. The number of hydrogen-bond donors (Lipinski definition) is 0. The summed E-state index contributed by atoms with van der Waals surface area (Å²) in [5.41, 5.74) is 0. The van der Waals surface area contributed by atoms with Gasteiger partial charge in [0.2, 0.25) is 30.4 Å². The van der Waals surface area contributed by atoms with Crippen LogP contribution < -0.4 is 0 Å². The third-order valence-corrected chi connectivity index (χ3v) is 8.41. The normalized spacial score (nSPS) is 9.11. The van der Waals surface area contributed by atoms with E-state index < -0.39 is 0 Å². The average Bonchev–Trinajstić information content (AvgIpc) is 1.89. The molecule has 4 heteroatoms. The number of alkyl halides is 2. The highest BCUT2D eigenvalue weighted by Crippen LogP contribution is 1.91. The lowest BCUT2D eigenvalue weighted by Crippen LogP contribution is -1.97. The van der Waals surface area contributed by atoms with Gasteiger partial charge in [-0.1, -0.05) is 10.6 Å². The first-order valence-corrected chi connectivity index (χ1v) is 8.60. The minimum atomic E-state index is 0.262. The van der Waals surface area contributed by atoms with E-state index in [2.05, 4.69) is 0 Å². The maximum absolute atomic E-state index is 5.54. The predicted octanol–water partition coefficient (Wildman–Crippen LogP) is 1.55. The molecule has 0 atom stereocenters. The molecule has 0 aromatic rings. The molecule has 0 unspecified atom stereocenters. The molecule has 9 heavy (non-hydrogen) atoms. The zero-order valence-electron chi connectivity index (χ0n) is 5.71. The zero-order chi connectivity index (χ0) is 6.95. The van der Waals surface area contributed by atoms with Gasteiger partial charge in [-0.25, -0.2) is 0 Å². The first kappa shape index (κ1) is 10.6. The van der Waals surface area contributed by atoms with Crippen molar-refractivity contribution in [1.29, 1.82) is 0 Å². The molecule has 0 bridgehead atoms. The van der Waals surface area contributed by atoms with E-state index in [1.54, 1.807) is 4.14 Å². The fourth-order valence-corrected chi connectivity index (χ4v) is 6.47. The van der Waals surface area contributed by atoms with Crippen molar-refractivity contribution in [1.82, 2.24) is 0 Å². The van der Waals surface area contributed by atoms with Gasteiger partial charge in [-0.2, -0.15) is 0 Å². The molecule has 0 fully saturated rings. The van der Waals surface area contributed by atoms with Crippen LogP contribution in [0.1, 0.15) is 0 Å². The van der Waals surface area contributed by atoms with E-state index in [4.69, 9.17) is 23.2 Å². The molecule has 0 heterocycles. The minimum Gasteiger partial charge on any atom is -0.141 e. The highest BCUT2D eigenvalue weighted by atomic mass is 35.5. The summed E-state index contributed by atoms with van der Waals surface area (Å²) in [7, 11) is 0. The van der Waals surface area contributed by atoms with Crippen molar-refractivity contribution in [3.8, 4) is 0 Å². The van der Waals surface area contributed by atoms with Gasteiger partial charge in [0.05, 0.1) is 0 Å². The van der Waals surface area contributed by atoms with Crippen LogP contribution in [0.2, 0.25) is 14.7 Å². The van der Waals surface area contributed by atoms with Crippen LogP contribution in [0.25, 0.3) is 0 Å². The lowest BCUT2D eigenvalue weighted by Gasteiger charge is -1.88. The van der Waals surface area contributed by atoms with Crippen LogP contribution in [-0.4, -0.2) is 42.2 Å². The largest absolute Gasteiger partial charge is 0.224 e. The Balaban J connectivity index is 2.60. The Hall–Kier alpha value is 1.64. The summed E-state index contributed by atoms with van der Waals surface area (Å²) in [6.45, 7) is 0. The van der Waals surface area contributed by atoms with Crippen molar-refractivity contribution in [3.05, 3.63) is 0 Å². The molecule has 52 valence electrons. The Labute approximate surface area is 79.7 Å². The van der Waals surface area contributed by atoms with Gasteiger partial charge in [0, 0.05) is 11.8 Å². The molecular weight excluding hydrogens is 185 g/mol. The highest BCUT2D eigenvalue weighted by molar-refractivity contribution is 6.56. The molecule has 0 aliphatic carbocycles. The molecule has 0 saturated heterocycles. The summed E-state index contributed by atoms with van der Waals surface area (Å²) in [4.78, 5) is 0. The molecule has 0 aliphatic rings. The average molecular weight is 197 g/mol. The van der Waals surface area contributed by atoms with Gasteiger partial charge in [-0.15, -0.1) is 27.3 Å². The Kier molecular flexibility index (Phi) is 11.4. The molecular formula is C5H12Al2Cl2. The quantitative estimate of drug-likeness (QED) is 0.344. The van der Waals surface area contributed by atoms with Crippen molar-refractivity contribution in [2.75, 3.05) is 11.8 Å². The zero-order valence-corrected chi connectivity index (χ0v) is 10.0. The lowest BCUT2D eigenvalue weighted by atomic mass is 11.0. The van der Waals surface area contributed by atoms with Crippen LogP contribution in [0.15, 0.2) is 0 Å². The van der Waals surface area contributed by atoms with E-state index in [-0.39, 0.29) is 30.4 Å². The summed E-state index contributed by atoms with van der Waals surface area (Å²) in [6.07, 6.45) is 0. The lowest BCUT2D eigenvalue weighted by molar-refractivity contribution is 1.42. The monoisotopic (exact) mass is 196 g/mol. The van der Waals surface area contributed by atoms with E-state index in [0.29, 0.717) is 0 Å². The van der Waals surface area contributed by atoms with Crippen molar-refractivity contribution >= 4 is 53.6 Å². The molecule has 0 spiro atoms. The number of rotatable bonds is 6. The van der Waals surface area contributed by atoms with Crippen LogP contribution in [0.5, 0.6) is 0 Å². The second kappa shape index (κ2) is 9.64.